The van der Waals surface area contributed by atoms with Gasteiger partial charge in [-0.1, -0.05) is 17.7 Å². The highest BCUT2D eigenvalue weighted by molar-refractivity contribution is 5.95. The predicted molar refractivity (Wildman–Crippen MR) is 110 cm³/mol. The van der Waals surface area contributed by atoms with Gasteiger partial charge in [-0.2, -0.15) is 10.4 Å². The van der Waals surface area contributed by atoms with Crippen molar-refractivity contribution in [2.75, 3.05) is 13.1 Å². The van der Waals surface area contributed by atoms with E-state index in [2.05, 4.69) is 26.1 Å². The van der Waals surface area contributed by atoms with E-state index >= 15 is 0 Å². The van der Waals surface area contributed by atoms with Crippen LogP contribution in [0.1, 0.15) is 22.3 Å². The molecule has 0 radical (unpaired) electrons. The van der Waals surface area contributed by atoms with Crippen molar-refractivity contribution in [2.45, 2.75) is 18.9 Å². The van der Waals surface area contributed by atoms with E-state index in [1.165, 1.54) is 6.33 Å². The van der Waals surface area contributed by atoms with E-state index in [-0.39, 0.29) is 12.3 Å². The Hall–Kier alpha value is -3.99. The number of nitrogens with one attached hydrogen (secondary N) is 1. The van der Waals surface area contributed by atoms with Crippen LogP contribution in [-0.4, -0.2) is 48.6 Å². The Morgan fingerprint density at radius 2 is 2.03 bits per heavy atom. The maximum atomic E-state index is 12.8. The van der Waals surface area contributed by atoms with Gasteiger partial charge in [0.1, 0.15) is 17.5 Å². The van der Waals surface area contributed by atoms with E-state index in [4.69, 9.17) is 0 Å². The zero-order chi connectivity index (χ0) is 20.7. The van der Waals surface area contributed by atoms with Gasteiger partial charge in [-0.05, 0) is 25.1 Å². The lowest BCUT2D eigenvalue weighted by Gasteiger charge is -2.49. The molecule has 1 amide bonds. The second-order valence-corrected chi connectivity index (χ2v) is 7.72. The molecule has 1 aliphatic heterocycles. The highest BCUT2D eigenvalue weighted by Gasteiger charge is 2.47. The summed E-state index contributed by atoms with van der Waals surface area (Å²) >= 11 is 0. The Labute approximate surface area is 172 Å². The molecule has 1 fully saturated rings. The summed E-state index contributed by atoms with van der Waals surface area (Å²) < 4.78 is 1.81. The van der Waals surface area contributed by atoms with Crippen molar-refractivity contribution in [1.82, 2.24) is 29.6 Å². The van der Waals surface area contributed by atoms with Gasteiger partial charge in [0, 0.05) is 42.0 Å². The maximum absolute atomic E-state index is 12.8. The predicted octanol–water partition coefficient (Wildman–Crippen LogP) is 2.89. The molecule has 0 spiro atoms. The van der Waals surface area contributed by atoms with Gasteiger partial charge in [0.05, 0.1) is 24.4 Å². The van der Waals surface area contributed by atoms with Crippen molar-refractivity contribution in [3.05, 3.63) is 66.4 Å². The fourth-order valence-electron chi connectivity index (χ4n) is 3.98. The van der Waals surface area contributed by atoms with E-state index in [0.717, 1.165) is 27.9 Å². The van der Waals surface area contributed by atoms with Crippen LogP contribution in [0.5, 0.6) is 0 Å². The van der Waals surface area contributed by atoms with Gasteiger partial charge in [-0.3, -0.25) is 9.48 Å². The van der Waals surface area contributed by atoms with Gasteiger partial charge in [0.15, 0.2) is 0 Å². The number of nitrogens with zero attached hydrogens (tertiary/aromatic N) is 6. The van der Waals surface area contributed by atoms with Crippen LogP contribution in [-0.2, 0) is 5.54 Å². The number of rotatable bonds is 4. The lowest BCUT2D eigenvalue weighted by Crippen LogP contribution is -2.64. The van der Waals surface area contributed by atoms with E-state index in [1.807, 2.05) is 54.3 Å². The fraction of sp³-hybridized carbons (Fsp3) is 0.227. The van der Waals surface area contributed by atoms with Crippen LogP contribution < -0.4 is 0 Å². The quantitative estimate of drug-likeness (QED) is 0.570. The molecule has 1 aromatic carbocycles. The van der Waals surface area contributed by atoms with Crippen molar-refractivity contribution in [3.8, 4) is 17.3 Å². The Kier molecular flexibility index (Phi) is 4.10. The van der Waals surface area contributed by atoms with Crippen LogP contribution in [0.15, 0.2) is 55.2 Å². The third kappa shape index (κ3) is 2.83. The number of likely N-dealkylation sites (tertiary alicyclic amines) is 1. The number of aromatic amines is 1. The van der Waals surface area contributed by atoms with Crippen LogP contribution in [0.2, 0.25) is 0 Å². The monoisotopic (exact) mass is 397 g/mol. The van der Waals surface area contributed by atoms with Crippen LogP contribution in [0, 0.1) is 18.3 Å². The van der Waals surface area contributed by atoms with E-state index in [9.17, 15) is 10.1 Å². The minimum Gasteiger partial charge on any atom is -0.346 e. The van der Waals surface area contributed by atoms with Gasteiger partial charge < -0.3 is 9.88 Å². The number of nitriles is 1. The minimum atomic E-state index is -0.530. The molecule has 148 valence electrons. The third-order valence-electron chi connectivity index (χ3n) is 5.66. The summed E-state index contributed by atoms with van der Waals surface area (Å²) in [6.07, 6.45) is 7.26. The molecule has 0 aliphatic carbocycles. The SMILES string of the molecule is Cc1ccc(C(=O)N2CC(CC#N)(n3cc(-c4ncnc5[nH]ccc45)cn3)C2)cc1. The Morgan fingerprint density at radius 3 is 2.80 bits per heavy atom. The van der Waals surface area contributed by atoms with Crippen LogP contribution in [0.25, 0.3) is 22.3 Å². The Morgan fingerprint density at radius 1 is 1.23 bits per heavy atom. The van der Waals surface area contributed by atoms with E-state index in [0.29, 0.717) is 18.7 Å². The molecule has 0 bridgehead atoms. The van der Waals surface area contributed by atoms with Crippen LogP contribution >= 0.6 is 0 Å². The molecule has 3 aromatic heterocycles. The number of fused-ring (bicyclic) bond motifs is 1. The topological polar surface area (TPSA) is 103 Å². The first kappa shape index (κ1) is 18.1. The molecule has 0 unspecified atom stereocenters. The Balaban J connectivity index is 1.41. The summed E-state index contributed by atoms with van der Waals surface area (Å²) in [4.78, 5) is 26.3. The van der Waals surface area contributed by atoms with Crippen molar-refractivity contribution < 1.29 is 4.79 Å². The summed E-state index contributed by atoms with van der Waals surface area (Å²) in [5.74, 6) is -0.0271. The molecular formula is C22H19N7O. The summed E-state index contributed by atoms with van der Waals surface area (Å²) in [5.41, 5.74) is 3.63. The van der Waals surface area contributed by atoms with Crippen LogP contribution in [0.3, 0.4) is 0 Å². The number of hydrogen-bond acceptors (Lipinski definition) is 5. The number of benzene rings is 1. The standard InChI is InChI=1S/C22H19N7O/c1-15-2-4-16(5-3-15)21(30)28-12-22(13-28,7-8-23)29-11-17(10-27-29)19-18-6-9-24-20(18)26-14-25-19/h2-6,9-11,14H,7,12-13H2,1H3,(H,24,25,26). The van der Waals surface area contributed by atoms with Crippen molar-refractivity contribution in [2.24, 2.45) is 0 Å². The number of H-pyrrole nitrogens is 1. The van der Waals surface area contributed by atoms with Gasteiger partial charge in [-0.15, -0.1) is 0 Å². The number of carbonyl (C=O) groups is 1. The zero-order valence-electron chi connectivity index (χ0n) is 16.4. The molecule has 1 aliphatic rings. The van der Waals surface area contributed by atoms with Gasteiger partial charge in [-0.25, -0.2) is 9.97 Å². The normalized spacial score (nSPS) is 15.0. The lowest BCUT2D eigenvalue weighted by atomic mass is 9.86. The van der Waals surface area contributed by atoms with Crippen molar-refractivity contribution >= 4 is 16.9 Å². The van der Waals surface area contributed by atoms with Gasteiger partial charge in [0.25, 0.3) is 5.91 Å². The third-order valence-corrected chi connectivity index (χ3v) is 5.66. The van der Waals surface area contributed by atoms with E-state index < -0.39 is 5.54 Å². The van der Waals surface area contributed by atoms with Crippen LogP contribution in [0.4, 0.5) is 0 Å². The van der Waals surface area contributed by atoms with Gasteiger partial charge >= 0.3 is 0 Å². The molecule has 1 saturated heterocycles. The maximum Gasteiger partial charge on any atom is 0.254 e. The number of amides is 1. The fourth-order valence-corrected chi connectivity index (χ4v) is 3.98. The molecule has 4 aromatic rings. The lowest BCUT2D eigenvalue weighted by molar-refractivity contribution is 0.00858. The number of aromatic nitrogens is 5. The second kappa shape index (κ2) is 6.81. The summed E-state index contributed by atoms with van der Waals surface area (Å²) in [5, 5.41) is 14.9. The molecule has 1 N–H and O–H groups in total. The number of carbonyl (C=O) groups excluding carboxylic acids is 1. The molecule has 8 heteroatoms. The average molecular weight is 397 g/mol. The molecule has 5 rings (SSSR count). The molecule has 0 saturated carbocycles. The minimum absolute atomic E-state index is 0.0271. The van der Waals surface area contributed by atoms with E-state index in [1.54, 1.807) is 11.1 Å². The molecule has 0 atom stereocenters. The highest BCUT2D eigenvalue weighted by Crippen LogP contribution is 2.35. The molecule has 4 heterocycles. The summed E-state index contributed by atoms with van der Waals surface area (Å²) in [6, 6.07) is 11.7. The smallest absolute Gasteiger partial charge is 0.254 e. The number of hydrogen-bond donors (Lipinski definition) is 1. The zero-order valence-corrected chi connectivity index (χ0v) is 16.4. The number of aryl methyl sites for hydroxylation is 1. The first-order chi connectivity index (χ1) is 14.6. The molecule has 30 heavy (non-hydrogen) atoms. The Bertz CT molecular complexity index is 1270. The highest BCUT2D eigenvalue weighted by atomic mass is 16.2. The first-order valence-electron chi connectivity index (χ1n) is 9.66. The summed E-state index contributed by atoms with van der Waals surface area (Å²) in [7, 11) is 0. The average Bonchev–Trinajstić information content (AvgIpc) is 3.40. The van der Waals surface area contributed by atoms with Crippen molar-refractivity contribution in [3.63, 3.8) is 0 Å². The van der Waals surface area contributed by atoms with Crippen molar-refractivity contribution in [1.29, 1.82) is 5.26 Å². The molecular weight excluding hydrogens is 378 g/mol. The first-order valence-corrected chi connectivity index (χ1v) is 9.66. The molecule has 8 nitrogen and oxygen atoms in total. The largest absolute Gasteiger partial charge is 0.346 e. The van der Waals surface area contributed by atoms with Gasteiger partial charge in [0.2, 0.25) is 0 Å². The second-order valence-electron chi connectivity index (χ2n) is 7.72. The summed E-state index contributed by atoms with van der Waals surface area (Å²) in [6.45, 7) is 2.87.